The van der Waals surface area contributed by atoms with Crippen molar-refractivity contribution >= 4 is 0 Å². The van der Waals surface area contributed by atoms with Gasteiger partial charge in [0.05, 0.1) is 13.2 Å². The van der Waals surface area contributed by atoms with Crippen LogP contribution in [0.5, 0.6) is 5.75 Å². The molecule has 0 aliphatic carbocycles. The van der Waals surface area contributed by atoms with E-state index in [4.69, 9.17) is 4.74 Å². The maximum Gasteiger partial charge on any atom is 0.123 e. The van der Waals surface area contributed by atoms with Crippen LogP contribution in [0.3, 0.4) is 0 Å². The summed E-state index contributed by atoms with van der Waals surface area (Å²) in [6, 6.07) is 11.4. The van der Waals surface area contributed by atoms with E-state index in [1.807, 2.05) is 19.1 Å². The quantitative estimate of drug-likeness (QED) is 0.904. The minimum Gasteiger partial charge on any atom is -0.497 e. The number of hydrogen-bond acceptors (Lipinski definition) is 2. The molecular weight excluding hydrogens is 253 g/mol. The summed E-state index contributed by atoms with van der Waals surface area (Å²) >= 11 is 0. The number of hydrogen-bond donors (Lipinski definition) is 1. The van der Waals surface area contributed by atoms with Gasteiger partial charge in [0.15, 0.2) is 0 Å². The summed E-state index contributed by atoms with van der Waals surface area (Å²) in [7, 11) is 1.68. The molecule has 1 N–H and O–H groups in total. The van der Waals surface area contributed by atoms with Gasteiger partial charge in [-0.05, 0) is 59.9 Å². The molecule has 1 atom stereocenters. The van der Waals surface area contributed by atoms with Crippen LogP contribution in [0.2, 0.25) is 0 Å². The fourth-order valence-corrected chi connectivity index (χ4v) is 2.90. The number of halogens is 1. The van der Waals surface area contributed by atoms with Gasteiger partial charge in [-0.3, -0.25) is 0 Å². The molecule has 0 saturated heterocycles. The number of ether oxygens (including phenoxy) is 1. The predicted octanol–water partition coefficient (Wildman–Crippen LogP) is 3.38. The smallest absolute Gasteiger partial charge is 0.123 e. The summed E-state index contributed by atoms with van der Waals surface area (Å²) in [6.45, 7) is 2.81. The van der Waals surface area contributed by atoms with Gasteiger partial charge in [0, 0.05) is 6.54 Å². The minimum atomic E-state index is -0.178. The van der Waals surface area contributed by atoms with Crippen molar-refractivity contribution in [2.24, 2.45) is 0 Å². The molecule has 0 bridgehead atoms. The van der Waals surface area contributed by atoms with E-state index in [0.717, 1.165) is 29.8 Å². The molecule has 3 rings (SSSR count). The highest BCUT2D eigenvalue weighted by molar-refractivity contribution is 5.44. The number of fused-ring (bicyclic) bond motifs is 1. The Morgan fingerprint density at radius 2 is 2.05 bits per heavy atom. The van der Waals surface area contributed by atoms with Gasteiger partial charge < -0.3 is 10.1 Å². The fourth-order valence-electron chi connectivity index (χ4n) is 2.90. The molecule has 3 heteroatoms. The molecular formula is C17H18FNO. The summed E-state index contributed by atoms with van der Waals surface area (Å²) in [6.07, 6.45) is 0.970. The summed E-state index contributed by atoms with van der Waals surface area (Å²) < 4.78 is 18.9. The molecule has 0 amide bonds. The van der Waals surface area contributed by atoms with Crippen molar-refractivity contribution in [1.29, 1.82) is 0 Å². The normalized spacial score (nSPS) is 17.6. The number of methoxy groups -OCH3 is 1. The van der Waals surface area contributed by atoms with Gasteiger partial charge in [-0.2, -0.15) is 0 Å². The monoisotopic (exact) mass is 271 g/mol. The van der Waals surface area contributed by atoms with E-state index in [0.29, 0.717) is 0 Å². The Bertz CT molecular complexity index is 619. The first-order valence-electron chi connectivity index (χ1n) is 6.84. The van der Waals surface area contributed by atoms with Crippen molar-refractivity contribution < 1.29 is 9.13 Å². The summed E-state index contributed by atoms with van der Waals surface area (Å²) in [5.74, 6) is 0.697. The molecule has 1 unspecified atom stereocenters. The molecule has 0 spiro atoms. The maximum atomic E-state index is 13.6. The SMILES string of the molecule is COc1ccc2c(c1)CCNC2c1cc(C)cc(F)c1. The largest absolute Gasteiger partial charge is 0.497 e. The van der Waals surface area contributed by atoms with Crippen LogP contribution in [-0.4, -0.2) is 13.7 Å². The highest BCUT2D eigenvalue weighted by Crippen LogP contribution is 2.31. The van der Waals surface area contributed by atoms with Crippen molar-refractivity contribution in [3.63, 3.8) is 0 Å². The van der Waals surface area contributed by atoms with Crippen molar-refractivity contribution in [3.8, 4) is 5.75 Å². The standard InChI is InChI=1S/C17H18FNO/c1-11-7-13(9-14(18)8-11)17-16-4-3-15(20-2)10-12(16)5-6-19-17/h3-4,7-10,17,19H,5-6H2,1-2H3. The van der Waals surface area contributed by atoms with Gasteiger partial charge in [0.2, 0.25) is 0 Å². The zero-order chi connectivity index (χ0) is 14.1. The van der Waals surface area contributed by atoms with Crippen LogP contribution in [-0.2, 0) is 6.42 Å². The van der Waals surface area contributed by atoms with Gasteiger partial charge in [-0.15, -0.1) is 0 Å². The Labute approximate surface area is 118 Å². The average Bonchev–Trinajstić information content (AvgIpc) is 2.45. The molecule has 0 saturated carbocycles. The highest BCUT2D eigenvalue weighted by Gasteiger charge is 2.22. The van der Waals surface area contributed by atoms with E-state index in [-0.39, 0.29) is 11.9 Å². The van der Waals surface area contributed by atoms with Gasteiger partial charge in [-0.1, -0.05) is 12.1 Å². The van der Waals surface area contributed by atoms with Gasteiger partial charge in [-0.25, -0.2) is 4.39 Å². The first-order chi connectivity index (χ1) is 9.67. The first-order valence-corrected chi connectivity index (χ1v) is 6.84. The van der Waals surface area contributed by atoms with Crippen molar-refractivity contribution in [3.05, 3.63) is 64.5 Å². The molecule has 1 aliphatic rings. The first kappa shape index (κ1) is 13.1. The zero-order valence-corrected chi connectivity index (χ0v) is 11.7. The van der Waals surface area contributed by atoms with Gasteiger partial charge >= 0.3 is 0 Å². The second-order valence-electron chi connectivity index (χ2n) is 5.26. The van der Waals surface area contributed by atoms with Gasteiger partial charge in [0.1, 0.15) is 11.6 Å². The van der Waals surface area contributed by atoms with Crippen LogP contribution in [0.4, 0.5) is 4.39 Å². The van der Waals surface area contributed by atoms with E-state index < -0.39 is 0 Å². The summed E-state index contributed by atoms with van der Waals surface area (Å²) in [4.78, 5) is 0. The third-order valence-electron chi connectivity index (χ3n) is 3.80. The molecule has 0 fully saturated rings. The Balaban J connectivity index is 2.05. The lowest BCUT2D eigenvalue weighted by molar-refractivity contribution is 0.413. The van der Waals surface area contributed by atoms with Crippen LogP contribution >= 0.6 is 0 Å². The fraction of sp³-hybridized carbons (Fsp3) is 0.294. The highest BCUT2D eigenvalue weighted by atomic mass is 19.1. The average molecular weight is 271 g/mol. The van der Waals surface area contributed by atoms with Crippen LogP contribution in [0.25, 0.3) is 0 Å². The molecule has 2 aromatic rings. The van der Waals surface area contributed by atoms with Crippen molar-refractivity contribution in [1.82, 2.24) is 5.32 Å². The molecule has 0 aromatic heterocycles. The van der Waals surface area contributed by atoms with Crippen LogP contribution in [0.1, 0.15) is 28.3 Å². The lowest BCUT2D eigenvalue weighted by Gasteiger charge is -2.28. The van der Waals surface area contributed by atoms with E-state index in [1.165, 1.54) is 11.1 Å². The Morgan fingerprint density at radius 3 is 2.80 bits per heavy atom. The number of rotatable bonds is 2. The summed E-state index contributed by atoms with van der Waals surface area (Å²) in [5.41, 5.74) is 4.41. The van der Waals surface area contributed by atoms with E-state index in [1.54, 1.807) is 19.2 Å². The zero-order valence-electron chi connectivity index (χ0n) is 11.7. The molecule has 2 aromatic carbocycles. The summed E-state index contributed by atoms with van der Waals surface area (Å²) in [5, 5.41) is 3.48. The lowest BCUT2D eigenvalue weighted by atomic mass is 9.89. The Hall–Kier alpha value is -1.87. The van der Waals surface area contributed by atoms with E-state index >= 15 is 0 Å². The Kier molecular flexibility index (Phi) is 3.45. The third kappa shape index (κ3) is 2.41. The molecule has 1 heterocycles. The molecule has 0 radical (unpaired) electrons. The van der Waals surface area contributed by atoms with Gasteiger partial charge in [0.25, 0.3) is 0 Å². The van der Waals surface area contributed by atoms with Crippen LogP contribution in [0.15, 0.2) is 36.4 Å². The Morgan fingerprint density at radius 1 is 1.20 bits per heavy atom. The second-order valence-corrected chi connectivity index (χ2v) is 5.26. The third-order valence-corrected chi connectivity index (χ3v) is 3.80. The lowest BCUT2D eigenvalue weighted by Crippen LogP contribution is -2.30. The molecule has 104 valence electrons. The second kappa shape index (κ2) is 5.25. The van der Waals surface area contributed by atoms with E-state index in [2.05, 4.69) is 17.4 Å². The van der Waals surface area contributed by atoms with Crippen LogP contribution in [0, 0.1) is 12.7 Å². The molecule has 2 nitrogen and oxygen atoms in total. The minimum absolute atomic E-state index is 0.0547. The van der Waals surface area contributed by atoms with Crippen LogP contribution < -0.4 is 10.1 Å². The number of aryl methyl sites for hydroxylation is 1. The predicted molar refractivity (Wildman–Crippen MR) is 77.7 cm³/mol. The topological polar surface area (TPSA) is 21.3 Å². The number of nitrogens with one attached hydrogen (secondary N) is 1. The molecule has 1 aliphatic heterocycles. The maximum absolute atomic E-state index is 13.6. The van der Waals surface area contributed by atoms with Crippen molar-refractivity contribution in [2.75, 3.05) is 13.7 Å². The number of benzene rings is 2. The van der Waals surface area contributed by atoms with E-state index in [9.17, 15) is 4.39 Å². The van der Waals surface area contributed by atoms with Crippen molar-refractivity contribution in [2.45, 2.75) is 19.4 Å². The molecule has 20 heavy (non-hydrogen) atoms.